The molecule has 0 aromatic carbocycles. The summed E-state index contributed by atoms with van der Waals surface area (Å²) in [6.45, 7) is 7.73. The van der Waals surface area contributed by atoms with E-state index >= 15 is 0 Å². The Morgan fingerprint density at radius 2 is 1.85 bits per heavy atom. The molecule has 7 nitrogen and oxygen atoms in total. The van der Waals surface area contributed by atoms with Crippen LogP contribution in [0.15, 0.2) is 9.70 Å². The van der Waals surface area contributed by atoms with Crippen LogP contribution in [-0.4, -0.2) is 63.9 Å². The second kappa shape index (κ2) is 10.00. The highest BCUT2D eigenvalue weighted by molar-refractivity contribution is 8.26. The lowest BCUT2D eigenvalue weighted by molar-refractivity contribution is -0.123. The molecule has 1 amide bonds. The number of hydrogen-bond donors (Lipinski definition) is 0. The van der Waals surface area contributed by atoms with Gasteiger partial charge in [-0.2, -0.15) is 5.26 Å². The maximum absolute atomic E-state index is 13.4. The minimum absolute atomic E-state index is 0.0487. The van der Waals surface area contributed by atoms with Crippen molar-refractivity contribution in [2.45, 2.75) is 58.5 Å². The molecule has 3 aliphatic rings. The van der Waals surface area contributed by atoms with Crippen LogP contribution in [0.2, 0.25) is 0 Å². The van der Waals surface area contributed by atoms with Gasteiger partial charge in [-0.3, -0.25) is 19.1 Å². The van der Waals surface area contributed by atoms with Gasteiger partial charge in [0.2, 0.25) is 0 Å². The van der Waals surface area contributed by atoms with Crippen molar-refractivity contribution in [2.75, 3.05) is 38.1 Å². The number of likely N-dealkylation sites (N-methyl/N-ethyl adjacent to an activating group) is 1. The van der Waals surface area contributed by atoms with Crippen molar-refractivity contribution in [1.82, 2.24) is 14.4 Å². The van der Waals surface area contributed by atoms with Crippen molar-refractivity contribution >= 4 is 46.1 Å². The van der Waals surface area contributed by atoms with Gasteiger partial charge in [-0.1, -0.05) is 43.7 Å². The lowest BCUT2D eigenvalue weighted by atomic mass is 10.0. The summed E-state index contributed by atoms with van der Waals surface area (Å²) in [6.07, 6.45) is 6.89. The standard InChI is InChI=1S/C24H31N5O2S2/c1-4-9-28-21(27-12-10-26(3)11-13-27)18(16(2)19(15-25)22(28)30)14-20-23(31)29(24(32)33-20)17-7-5-6-8-17/h14,17H,4-13H2,1-3H3. The van der Waals surface area contributed by atoms with Gasteiger partial charge in [-0.15, -0.1) is 0 Å². The average molecular weight is 486 g/mol. The predicted octanol–water partition coefficient (Wildman–Crippen LogP) is 3.33. The van der Waals surface area contributed by atoms with E-state index in [0.717, 1.165) is 69.7 Å². The van der Waals surface area contributed by atoms with Crippen LogP contribution in [0.1, 0.15) is 55.7 Å². The van der Waals surface area contributed by atoms with Crippen LogP contribution >= 0.6 is 24.0 Å². The van der Waals surface area contributed by atoms with Gasteiger partial charge >= 0.3 is 0 Å². The minimum atomic E-state index is -0.249. The molecule has 1 aromatic heterocycles. The molecule has 0 atom stereocenters. The van der Waals surface area contributed by atoms with E-state index in [1.165, 1.54) is 11.8 Å². The van der Waals surface area contributed by atoms with Gasteiger partial charge in [0, 0.05) is 44.3 Å². The first-order chi connectivity index (χ1) is 15.9. The maximum Gasteiger partial charge on any atom is 0.270 e. The molecule has 2 saturated heterocycles. The number of nitriles is 1. The molecule has 0 N–H and O–H groups in total. The van der Waals surface area contributed by atoms with E-state index in [0.29, 0.717) is 21.3 Å². The van der Waals surface area contributed by atoms with E-state index in [9.17, 15) is 14.9 Å². The van der Waals surface area contributed by atoms with E-state index < -0.39 is 0 Å². The monoisotopic (exact) mass is 485 g/mol. The number of thiocarbonyl (C=S) groups is 1. The lowest BCUT2D eigenvalue weighted by Crippen LogP contribution is -2.47. The normalized spacial score (nSPS) is 21.5. The van der Waals surface area contributed by atoms with Crippen molar-refractivity contribution < 1.29 is 4.79 Å². The molecule has 3 fully saturated rings. The number of carbonyl (C=O) groups excluding carboxylic acids is 1. The van der Waals surface area contributed by atoms with Crippen LogP contribution in [0.4, 0.5) is 5.82 Å². The highest BCUT2D eigenvalue weighted by atomic mass is 32.2. The summed E-state index contributed by atoms with van der Waals surface area (Å²) >= 11 is 6.93. The summed E-state index contributed by atoms with van der Waals surface area (Å²) in [6, 6.07) is 2.31. The van der Waals surface area contributed by atoms with E-state index in [-0.39, 0.29) is 23.1 Å². The van der Waals surface area contributed by atoms with E-state index in [2.05, 4.69) is 22.9 Å². The Bertz CT molecular complexity index is 1090. The SMILES string of the molecule is CCCn1c(N2CCN(C)CC2)c(C=C2SC(=S)N(C3CCCC3)C2=O)c(C)c(C#N)c1=O. The third kappa shape index (κ3) is 4.48. The smallest absolute Gasteiger partial charge is 0.270 e. The summed E-state index contributed by atoms with van der Waals surface area (Å²) in [4.78, 5) is 33.5. The molecule has 176 valence electrons. The highest BCUT2D eigenvalue weighted by Gasteiger charge is 2.38. The number of piperazine rings is 1. The van der Waals surface area contributed by atoms with Crippen LogP contribution in [0.25, 0.3) is 6.08 Å². The molecule has 2 aliphatic heterocycles. The Hall–Kier alpha value is -2.15. The van der Waals surface area contributed by atoms with Crippen LogP contribution in [0.5, 0.6) is 0 Å². The van der Waals surface area contributed by atoms with Crippen molar-refractivity contribution in [3.63, 3.8) is 0 Å². The zero-order valence-electron chi connectivity index (χ0n) is 19.6. The third-order valence-corrected chi connectivity index (χ3v) is 8.22. The summed E-state index contributed by atoms with van der Waals surface area (Å²) in [5, 5.41) is 9.79. The topological polar surface area (TPSA) is 72.6 Å². The van der Waals surface area contributed by atoms with Gasteiger partial charge in [0.1, 0.15) is 21.8 Å². The zero-order valence-corrected chi connectivity index (χ0v) is 21.2. The first-order valence-electron chi connectivity index (χ1n) is 11.7. The number of rotatable bonds is 5. The Morgan fingerprint density at radius 1 is 1.18 bits per heavy atom. The van der Waals surface area contributed by atoms with Crippen LogP contribution < -0.4 is 10.5 Å². The number of nitrogens with zero attached hydrogens (tertiary/aromatic N) is 5. The third-order valence-electron chi connectivity index (χ3n) is 6.89. The minimum Gasteiger partial charge on any atom is -0.355 e. The second-order valence-corrected chi connectivity index (χ2v) is 10.8. The molecule has 9 heteroatoms. The van der Waals surface area contributed by atoms with Crippen LogP contribution in [-0.2, 0) is 11.3 Å². The van der Waals surface area contributed by atoms with Gasteiger partial charge in [0.25, 0.3) is 11.5 Å². The Morgan fingerprint density at radius 3 is 2.45 bits per heavy atom. The fraction of sp³-hybridized carbons (Fsp3) is 0.583. The largest absolute Gasteiger partial charge is 0.355 e. The molecule has 1 aromatic rings. The number of thioether (sulfide) groups is 1. The quantitative estimate of drug-likeness (QED) is 0.468. The van der Waals surface area contributed by atoms with Crippen molar-refractivity contribution in [1.29, 1.82) is 5.26 Å². The van der Waals surface area contributed by atoms with Gasteiger partial charge in [-0.25, -0.2) is 0 Å². The molecule has 1 aliphatic carbocycles. The molecule has 1 saturated carbocycles. The molecular weight excluding hydrogens is 454 g/mol. The molecule has 4 rings (SSSR count). The Kier molecular flexibility index (Phi) is 7.27. The van der Waals surface area contributed by atoms with Crippen LogP contribution in [0.3, 0.4) is 0 Å². The van der Waals surface area contributed by atoms with Gasteiger partial charge < -0.3 is 9.80 Å². The Balaban J connectivity index is 1.85. The van der Waals surface area contributed by atoms with Crippen molar-refractivity contribution in [3.05, 3.63) is 31.9 Å². The molecule has 3 heterocycles. The summed E-state index contributed by atoms with van der Waals surface area (Å²) in [5.41, 5.74) is 1.33. The maximum atomic E-state index is 13.4. The second-order valence-electron chi connectivity index (χ2n) is 9.09. The van der Waals surface area contributed by atoms with Crippen molar-refractivity contribution in [3.8, 4) is 6.07 Å². The molecule has 0 unspecified atom stereocenters. The highest BCUT2D eigenvalue weighted by Crippen LogP contribution is 2.39. The lowest BCUT2D eigenvalue weighted by Gasteiger charge is -2.36. The van der Waals surface area contributed by atoms with Crippen LogP contribution in [0, 0.1) is 18.3 Å². The molecular formula is C24H31N5O2S2. The number of aromatic nitrogens is 1. The van der Waals surface area contributed by atoms with Crippen molar-refractivity contribution in [2.24, 2.45) is 0 Å². The number of carbonyl (C=O) groups is 1. The Labute approximate surface area is 205 Å². The van der Waals surface area contributed by atoms with E-state index in [1.807, 2.05) is 19.9 Å². The van der Waals surface area contributed by atoms with E-state index in [1.54, 1.807) is 9.47 Å². The fourth-order valence-electron chi connectivity index (χ4n) is 5.02. The van der Waals surface area contributed by atoms with E-state index in [4.69, 9.17) is 12.2 Å². The molecule has 0 spiro atoms. The van der Waals surface area contributed by atoms with Gasteiger partial charge in [-0.05, 0) is 44.9 Å². The number of amides is 1. The molecule has 33 heavy (non-hydrogen) atoms. The number of anilines is 1. The average Bonchev–Trinajstić information content (AvgIpc) is 3.40. The summed E-state index contributed by atoms with van der Waals surface area (Å²) in [5.74, 6) is 0.768. The first kappa shape index (κ1) is 24.0. The molecule has 0 bridgehead atoms. The molecule has 0 radical (unpaired) electrons. The summed E-state index contributed by atoms with van der Waals surface area (Å²) < 4.78 is 2.35. The zero-order chi connectivity index (χ0) is 23.7. The first-order valence-corrected chi connectivity index (χ1v) is 13.0. The summed E-state index contributed by atoms with van der Waals surface area (Å²) in [7, 11) is 2.09. The van der Waals surface area contributed by atoms with Gasteiger partial charge in [0.05, 0.1) is 4.91 Å². The number of pyridine rings is 1. The fourth-order valence-corrected chi connectivity index (χ4v) is 6.40. The predicted molar refractivity (Wildman–Crippen MR) is 137 cm³/mol. The number of hydrogen-bond acceptors (Lipinski definition) is 7. The van der Waals surface area contributed by atoms with Gasteiger partial charge in [0.15, 0.2) is 0 Å².